The second-order valence-corrected chi connectivity index (χ2v) is 3.10. The number of nitrogen functional groups attached to an aromatic ring is 1. The predicted molar refractivity (Wildman–Crippen MR) is 47.3 cm³/mol. The average molecular weight is 250 g/mol. The summed E-state index contributed by atoms with van der Waals surface area (Å²) in [6, 6.07) is 1.81. The van der Waals surface area contributed by atoms with Gasteiger partial charge in [-0.15, -0.1) is 0 Å². The molecule has 0 amide bonds. The van der Waals surface area contributed by atoms with Crippen molar-refractivity contribution in [2.24, 2.45) is 0 Å². The number of hydrogen-bond acceptors (Lipinski definition) is 3. The molecule has 0 radical (unpaired) electrons. The molecule has 54 valence electrons. The molecule has 3 nitrogen and oxygen atoms in total. The molecule has 1 rings (SSSR count). The lowest BCUT2D eigenvalue weighted by atomic mass is 10.3. The Bertz CT molecular complexity index is 239. The van der Waals surface area contributed by atoms with Crippen LogP contribution in [0, 0.1) is 3.57 Å². The third kappa shape index (κ3) is 1.57. The van der Waals surface area contributed by atoms with Crippen LogP contribution in [0.3, 0.4) is 0 Å². The maximum absolute atomic E-state index is 8.72. The normalized spacial score (nSPS) is 9.80. The molecular weight excluding hydrogens is 243 g/mol. The van der Waals surface area contributed by atoms with Crippen LogP contribution >= 0.6 is 22.6 Å². The van der Waals surface area contributed by atoms with Crippen LogP contribution in [-0.4, -0.2) is 10.1 Å². The molecular formula is C6H7IN2O. The van der Waals surface area contributed by atoms with Crippen LogP contribution in [0.2, 0.25) is 0 Å². The Labute approximate surface area is 72.4 Å². The molecule has 10 heavy (non-hydrogen) atoms. The lowest BCUT2D eigenvalue weighted by Gasteiger charge is -1.99. The molecule has 0 aliphatic heterocycles. The third-order valence-electron chi connectivity index (χ3n) is 1.14. The van der Waals surface area contributed by atoms with Crippen molar-refractivity contribution in [3.63, 3.8) is 0 Å². The summed E-state index contributed by atoms with van der Waals surface area (Å²) in [7, 11) is 0. The molecule has 4 heteroatoms. The Kier molecular flexibility index (Phi) is 2.44. The lowest BCUT2D eigenvalue weighted by molar-refractivity contribution is 0.282. The Morgan fingerprint density at radius 2 is 2.40 bits per heavy atom. The van der Waals surface area contributed by atoms with Crippen molar-refractivity contribution in [3.8, 4) is 0 Å². The van der Waals surface area contributed by atoms with Crippen LogP contribution in [0.15, 0.2) is 12.3 Å². The van der Waals surface area contributed by atoms with Gasteiger partial charge in [-0.3, -0.25) is 0 Å². The van der Waals surface area contributed by atoms with E-state index in [0.29, 0.717) is 11.4 Å². The van der Waals surface area contributed by atoms with E-state index >= 15 is 0 Å². The Morgan fingerprint density at radius 3 is 2.90 bits per heavy atom. The van der Waals surface area contributed by atoms with Gasteiger partial charge in [0.15, 0.2) is 0 Å². The molecule has 0 aromatic carbocycles. The first kappa shape index (κ1) is 7.74. The minimum atomic E-state index is -0.0460. The molecule has 1 heterocycles. The van der Waals surface area contributed by atoms with Gasteiger partial charge in [0.2, 0.25) is 0 Å². The number of aliphatic hydroxyl groups is 1. The van der Waals surface area contributed by atoms with Gasteiger partial charge in [-0.2, -0.15) is 0 Å². The van der Waals surface area contributed by atoms with Gasteiger partial charge >= 0.3 is 0 Å². The largest absolute Gasteiger partial charge is 0.392 e. The zero-order valence-electron chi connectivity index (χ0n) is 5.21. The van der Waals surface area contributed by atoms with E-state index in [4.69, 9.17) is 10.8 Å². The van der Waals surface area contributed by atoms with Crippen LogP contribution in [-0.2, 0) is 6.61 Å². The Balaban J connectivity index is 3.09. The topological polar surface area (TPSA) is 59.1 Å². The van der Waals surface area contributed by atoms with E-state index in [9.17, 15) is 0 Å². The fourth-order valence-corrected chi connectivity index (χ4v) is 1.13. The van der Waals surface area contributed by atoms with Crippen molar-refractivity contribution >= 4 is 28.4 Å². The fourth-order valence-electron chi connectivity index (χ4n) is 0.618. The van der Waals surface area contributed by atoms with Gasteiger partial charge in [0, 0.05) is 15.3 Å². The van der Waals surface area contributed by atoms with Crippen molar-refractivity contribution in [1.29, 1.82) is 0 Å². The summed E-state index contributed by atoms with van der Waals surface area (Å²) in [4.78, 5) is 3.86. The number of pyridine rings is 1. The van der Waals surface area contributed by atoms with Crippen LogP contribution in [0.25, 0.3) is 0 Å². The number of nitrogens with two attached hydrogens (primary N) is 1. The minimum absolute atomic E-state index is 0.0460. The van der Waals surface area contributed by atoms with Crippen molar-refractivity contribution in [2.75, 3.05) is 5.73 Å². The first-order chi connectivity index (χ1) is 4.74. The molecule has 0 saturated carbocycles. The van der Waals surface area contributed by atoms with Crippen molar-refractivity contribution < 1.29 is 5.11 Å². The van der Waals surface area contributed by atoms with Gasteiger partial charge in [0.05, 0.1) is 6.61 Å². The Hall–Kier alpha value is -0.360. The summed E-state index contributed by atoms with van der Waals surface area (Å²) < 4.78 is 0.982. The SMILES string of the molecule is Nc1ncc(I)cc1CO. The molecule has 0 saturated heterocycles. The van der Waals surface area contributed by atoms with Crippen molar-refractivity contribution in [3.05, 3.63) is 21.4 Å². The monoisotopic (exact) mass is 250 g/mol. The highest BCUT2D eigenvalue weighted by atomic mass is 127. The highest BCUT2D eigenvalue weighted by molar-refractivity contribution is 14.1. The van der Waals surface area contributed by atoms with Crippen molar-refractivity contribution in [1.82, 2.24) is 4.98 Å². The summed E-state index contributed by atoms with van der Waals surface area (Å²) in [6.45, 7) is -0.0460. The smallest absolute Gasteiger partial charge is 0.128 e. The maximum Gasteiger partial charge on any atom is 0.128 e. The second kappa shape index (κ2) is 3.16. The number of hydrogen-bond donors (Lipinski definition) is 2. The quantitative estimate of drug-likeness (QED) is 0.723. The summed E-state index contributed by atoms with van der Waals surface area (Å²) in [5.74, 6) is 0.405. The van der Waals surface area contributed by atoms with E-state index in [0.717, 1.165) is 3.57 Å². The molecule has 0 bridgehead atoms. The fraction of sp³-hybridized carbons (Fsp3) is 0.167. The number of nitrogens with zero attached hydrogens (tertiary/aromatic N) is 1. The summed E-state index contributed by atoms with van der Waals surface area (Å²) >= 11 is 2.12. The van der Waals surface area contributed by atoms with E-state index < -0.39 is 0 Å². The highest BCUT2D eigenvalue weighted by Gasteiger charge is 1.97. The predicted octanol–water partition coefficient (Wildman–Crippen LogP) is 0.761. The number of rotatable bonds is 1. The zero-order chi connectivity index (χ0) is 7.56. The molecule has 1 aromatic heterocycles. The van der Waals surface area contributed by atoms with Crippen LogP contribution in [0.4, 0.5) is 5.82 Å². The van der Waals surface area contributed by atoms with Gasteiger partial charge in [-0.05, 0) is 28.7 Å². The first-order valence-electron chi connectivity index (χ1n) is 2.75. The second-order valence-electron chi connectivity index (χ2n) is 1.86. The Morgan fingerprint density at radius 1 is 1.70 bits per heavy atom. The molecule has 3 N–H and O–H groups in total. The van der Waals surface area contributed by atoms with Gasteiger partial charge in [-0.25, -0.2) is 4.98 Å². The maximum atomic E-state index is 8.72. The molecule has 1 aromatic rings. The van der Waals surface area contributed by atoms with Gasteiger partial charge in [0.25, 0.3) is 0 Å². The van der Waals surface area contributed by atoms with E-state index in [1.807, 2.05) is 6.07 Å². The molecule has 0 aliphatic carbocycles. The number of anilines is 1. The van der Waals surface area contributed by atoms with E-state index in [1.165, 1.54) is 0 Å². The number of halogens is 1. The van der Waals surface area contributed by atoms with Crippen molar-refractivity contribution in [2.45, 2.75) is 6.61 Å². The summed E-state index contributed by atoms with van der Waals surface area (Å²) in [5.41, 5.74) is 6.11. The standard InChI is InChI=1S/C6H7IN2O/c7-5-1-4(3-10)6(8)9-2-5/h1-2,10H,3H2,(H2,8,9). The summed E-state index contributed by atoms with van der Waals surface area (Å²) in [5, 5.41) is 8.72. The van der Waals surface area contributed by atoms with Crippen LogP contribution < -0.4 is 5.73 Å². The molecule has 0 spiro atoms. The third-order valence-corrected chi connectivity index (χ3v) is 1.73. The average Bonchev–Trinajstić information content (AvgIpc) is 1.94. The van der Waals surface area contributed by atoms with Gasteiger partial charge in [-0.1, -0.05) is 0 Å². The molecule has 0 unspecified atom stereocenters. The molecule has 0 atom stereocenters. The van der Waals surface area contributed by atoms with E-state index in [1.54, 1.807) is 6.20 Å². The van der Waals surface area contributed by atoms with E-state index in [-0.39, 0.29) is 6.61 Å². The number of aromatic nitrogens is 1. The van der Waals surface area contributed by atoms with Crippen LogP contribution in [0.5, 0.6) is 0 Å². The summed E-state index contributed by atoms with van der Waals surface area (Å²) in [6.07, 6.45) is 1.66. The highest BCUT2D eigenvalue weighted by Crippen LogP contribution is 2.11. The zero-order valence-corrected chi connectivity index (χ0v) is 7.37. The van der Waals surface area contributed by atoms with Gasteiger partial charge in [0.1, 0.15) is 5.82 Å². The van der Waals surface area contributed by atoms with Crippen LogP contribution in [0.1, 0.15) is 5.56 Å². The lowest BCUT2D eigenvalue weighted by Crippen LogP contribution is -1.97. The molecule has 0 fully saturated rings. The van der Waals surface area contributed by atoms with E-state index in [2.05, 4.69) is 27.6 Å². The minimum Gasteiger partial charge on any atom is -0.392 e. The molecule has 0 aliphatic rings. The number of aliphatic hydroxyl groups excluding tert-OH is 1. The van der Waals surface area contributed by atoms with Gasteiger partial charge < -0.3 is 10.8 Å². The first-order valence-corrected chi connectivity index (χ1v) is 3.82.